The van der Waals surface area contributed by atoms with Crippen molar-refractivity contribution in [2.45, 2.75) is 32.5 Å². The van der Waals surface area contributed by atoms with E-state index < -0.39 is 11.7 Å². The van der Waals surface area contributed by atoms with Gasteiger partial charge in [-0.15, -0.1) is 0 Å². The summed E-state index contributed by atoms with van der Waals surface area (Å²) in [6.07, 6.45) is -3.57. The van der Waals surface area contributed by atoms with Crippen molar-refractivity contribution in [2.75, 3.05) is 22.6 Å². The van der Waals surface area contributed by atoms with Crippen molar-refractivity contribution in [3.63, 3.8) is 0 Å². The fourth-order valence-electron chi connectivity index (χ4n) is 1.66. The summed E-state index contributed by atoms with van der Waals surface area (Å²) in [5, 5.41) is 2.91. The molecule has 0 aliphatic rings. The lowest BCUT2D eigenvalue weighted by Gasteiger charge is -2.19. The van der Waals surface area contributed by atoms with Crippen LogP contribution in [0, 0.1) is 0 Å². The molecule has 19 heavy (non-hydrogen) atoms. The Balaban J connectivity index is 2.77. The van der Waals surface area contributed by atoms with Gasteiger partial charge in [-0.3, -0.25) is 0 Å². The molecule has 0 amide bonds. The number of nitrogens with two attached hydrogens (primary N) is 1. The zero-order chi connectivity index (χ0) is 14.5. The van der Waals surface area contributed by atoms with Crippen LogP contribution in [0.5, 0.6) is 0 Å². The minimum absolute atomic E-state index is 0.0104. The first-order chi connectivity index (χ1) is 8.84. The van der Waals surface area contributed by atoms with Crippen LogP contribution in [0.4, 0.5) is 24.5 Å². The minimum Gasteiger partial charge on any atom is -0.399 e. The highest BCUT2D eigenvalue weighted by molar-refractivity contribution is 7.99. The van der Waals surface area contributed by atoms with E-state index in [-0.39, 0.29) is 17.4 Å². The first kappa shape index (κ1) is 16.0. The monoisotopic (exact) mass is 292 g/mol. The Bertz CT molecular complexity index is 407. The molecule has 2 nitrogen and oxygen atoms in total. The van der Waals surface area contributed by atoms with Gasteiger partial charge in [-0.1, -0.05) is 6.92 Å². The molecule has 3 N–H and O–H groups in total. The highest BCUT2D eigenvalue weighted by Gasteiger charge is 2.33. The number of nitrogens with one attached hydrogen (secondary N) is 1. The van der Waals surface area contributed by atoms with Gasteiger partial charge in [0.2, 0.25) is 0 Å². The Hall–Kier alpha value is -1.04. The van der Waals surface area contributed by atoms with Crippen molar-refractivity contribution in [1.29, 1.82) is 0 Å². The van der Waals surface area contributed by atoms with Crippen molar-refractivity contribution >= 4 is 23.1 Å². The van der Waals surface area contributed by atoms with Crippen LogP contribution in [0.2, 0.25) is 0 Å². The number of hydrogen-bond donors (Lipinski definition) is 2. The fraction of sp³-hybridized carbons (Fsp3) is 0.538. The number of anilines is 2. The van der Waals surface area contributed by atoms with Gasteiger partial charge < -0.3 is 11.1 Å². The zero-order valence-electron chi connectivity index (χ0n) is 11.1. The largest absolute Gasteiger partial charge is 0.418 e. The molecule has 0 spiro atoms. The van der Waals surface area contributed by atoms with Crippen molar-refractivity contribution in [2.24, 2.45) is 0 Å². The molecular formula is C13H19F3N2S. The summed E-state index contributed by atoms with van der Waals surface area (Å²) >= 11 is 1.78. The Kier molecular flexibility index (Phi) is 5.85. The summed E-state index contributed by atoms with van der Waals surface area (Å²) in [5.74, 6) is 1.95. The molecule has 1 unspecified atom stereocenters. The lowest BCUT2D eigenvalue weighted by molar-refractivity contribution is -0.136. The molecule has 0 aromatic heterocycles. The summed E-state index contributed by atoms with van der Waals surface area (Å²) < 4.78 is 38.7. The van der Waals surface area contributed by atoms with Crippen molar-refractivity contribution in [3.8, 4) is 0 Å². The number of benzene rings is 1. The standard InChI is InChI=1S/C13H19F3N2S/c1-3-19-7-6-9(2)18-12-5-4-10(17)8-11(12)13(14,15)16/h4-5,8-9,18H,3,6-7,17H2,1-2H3. The molecule has 1 atom stereocenters. The summed E-state index contributed by atoms with van der Waals surface area (Å²) in [5.41, 5.74) is 4.93. The number of nitrogen functional groups attached to an aromatic ring is 1. The third-order valence-electron chi connectivity index (χ3n) is 2.65. The topological polar surface area (TPSA) is 38.0 Å². The van der Waals surface area contributed by atoms with E-state index in [2.05, 4.69) is 12.2 Å². The summed E-state index contributed by atoms with van der Waals surface area (Å²) in [7, 11) is 0. The predicted octanol–water partition coefficient (Wildman–Crippen LogP) is 4.23. The van der Waals surface area contributed by atoms with Crippen LogP contribution < -0.4 is 11.1 Å². The average Bonchev–Trinajstić information content (AvgIpc) is 2.30. The van der Waals surface area contributed by atoms with E-state index in [1.165, 1.54) is 12.1 Å². The van der Waals surface area contributed by atoms with Crippen LogP contribution in [0.25, 0.3) is 0 Å². The first-order valence-electron chi connectivity index (χ1n) is 6.15. The van der Waals surface area contributed by atoms with Gasteiger partial charge in [-0.25, -0.2) is 0 Å². The molecule has 1 aromatic carbocycles. The van der Waals surface area contributed by atoms with E-state index >= 15 is 0 Å². The van der Waals surface area contributed by atoms with Crippen LogP contribution in [0.15, 0.2) is 18.2 Å². The number of hydrogen-bond acceptors (Lipinski definition) is 3. The first-order valence-corrected chi connectivity index (χ1v) is 7.31. The maximum absolute atomic E-state index is 12.9. The minimum atomic E-state index is -4.39. The second-order valence-corrected chi connectivity index (χ2v) is 5.73. The highest BCUT2D eigenvalue weighted by atomic mass is 32.2. The third kappa shape index (κ3) is 5.22. The van der Waals surface area contributed by atoms with Crippen molar-refractivity contribution in [3.05, 3.63) is 23.8 Å². The molecule has 0 aliphatic heterocycles. The number of thioether (sulfide) groups is 1. The van der Waals surface area contributed by atoms with Crippen LogP contribution in [-0.2, 0) is 6.18 Å². The van der Waals surface area contributed by atoms with Crippen LogP contribution in [0.1, 0.15) is 25.8 Å². The van der Waals surface area contributed by atoms with Crippen LogP contribution >= 0.6 is 11.8 Å². The SMILES string of the molecule is CCSCCC(C)Nc1ccc(N)cc1C(F)(F)F. The van der Waals surface area contributed by atoms with E-state index in [0.29, 0.717) is 0 Å². The molecule has 6 heteroatoms. The average molecular weight is 292 g/mol. The molecular weight excluding hydrogens is 273 g/mol. The molecule has 0 aliphatic carbocycles. The summed E-state index contributed by atoms with van der Waals surface area (Å²) in [6, 6.07) is 3.83. The van der Waals surface area contributed by atoms with E-state index in [1.54, 1.807) is 11.8 Å². The summed E-state index contributed by atoms with van der Waals surface area (Å²) in [6.45, 7) is 3.94. The van der Waals surface area contributed by atoms with Gasteiger partial charge in [0.05, 0.1) is 5.56 Å². The van der Waals surface area contributed by atoms with Crippen LogP contribution in [0.3, 0.4) is 0 Å². The molecule has 0 fully saturated rings. The molecule has 0 radical (unpaired) electrons. The van der Waals surface area contributed by atoms with Gasteiger partial charge in [-0.05, 0) is 43.0 Å². The molecule has 0 saturated carbocycles. The van der Waals surface area contributed by atoms with E-state index in [0.717, 1.165) is 24.0 Å². The van der Waals surface area contributed by atoms with E-state index in [9.17, 15) is 13.2 Å². The molecule has 108 valence electrons. The zero-order valence-corrected chi connectivity index (χ0v) is 11.9. The highest BCUT2D eigenvalue weighted by Crippen LogP contribution is 2.36. The normalized spacial score (nSPS) is 13.3. The molecule has 0 saturated heterocycles. The quantitative estimate of drug-likeness (QED) is 0.608. The molecule has 0 bridgehead atoms. The smallest absolute Gasteiger partial charge is 0.399 e. The third-order valence-corrected chi connectivity index (χ3v) is 3.58. The summed E-state index contributed by atoms with van der Waals surface area (Å²) in [4.78, 5) is 0. The fourth-order valence-corrected chi connectivity index (χ4v) is 2.47. The Morgan fingerprint density at radius 2 is 2.05 bits per heavy atom. The Labute approximate surface area is 115 Å². The molecule has 1 rings (SSSR count). The van der Waals surface area contributed by atoms with Crippen molar-refractivity contribution < 1.29 is 13.2 Å². The second-order valence-electron chi connectivity index (χ2n) is 4.33. The maximum Gasteiger partial charge on any atom is 0.418 e. The van der Waals surface area contributed by atoms with Gasteiger partial charge in [0.15, 0.2) is 0 Å². The second kappa shape index (κ2) is 6.93. The Morgan fingerprint density at radius 3 is 2.63 bits per heavy atom. The van der Waals surface area contributed by atoms with Gasteiger partial charge >= 0.3 is 6.18 Å². The maximum atomic E-state index is 12.9. The lowest BCUT2D eigenvalue weighted by atomic mass is 10.1. The lowest BCUT2D eigenvalue weighted by Crippen LogP contribution is -2.19. The van der Waals surface area contributed by atoms with Gasteiger partial charge in [0.1, 0.15) is 0 Å². The van der Waals surface area contributed by atoms with Crippen molar-refractivity contribution in [1.82, 2.24) is 0 Å². The van der Waals surface area contributed by atoms with Gasteiger partial charge in [0.25, 0.3) is 0 Å². The predicted molar refractivity (Wildman–Crippen MR) is 76.6 cm³/mol. The van der Waals surface area contributed by atoms with E-state index in [4.69, 9.17) is 5.73 Å². The Morgan fingerprint density at radius 1 is 1.37 bits per heavy atom. The van der Waals surface area contributed by atoms with Gasteiger partial charge in [-0.2, -0.15) is 24.9 Å². The van der Waals surface area contributed by atoms with Gasteiger partial charge in [0, 0.05) is 17.4 Å². The van der Waals surface area contributed by atoms with Crippen LogP contribution in [-0.4, -0.2) is 17.5 Å². The number of alkyl halides is 3. The number of halogens is 3. The molecule has 0 heterocycles. The number of rotatable bonds is 6. The van der Waals surface area contributed by atoms with E-state index in [1.807, 2.05) is 6.92 Å². The molecule has 1 aromatic rings.